The first-order valence-electron chi connectivity index (χ1n) is 3.35. The molecule has 0 aromatic carbocycles. The van der Waals surface area contributed by atoms with Gasteiger partial charge in [0.1, 0.15) is 12.3 Å². The molecule has 0 saturated carbocycles. The lowest BCUT2D eigenvalue weighted by Gasteiger charge is -2.09. The third-order valence-corrected chi connectivity index (χ3v) is 1.28. The van der Waals surface area contributed by atoms with E-state index in [1.165, 1.54) is 0 Å². The first-order valence-corrected chi connectivity index (χ1v) is 3.35. The Morgan fingerprint density at radius 3 is 2.20 bits per heavy atom. The molecule has 0 fully saturated rings. The number of halogens is 3. The van der Waals surface area contributed by atoms with Crippen molar-refractivity contribution in [3.63, 3.8) is 0 Å². The van der Waals surface area contributed by atoms with Crippen LogP contribution in [0.2, 0.25) is 0 Å². The van der Waals surface area contributed by atoms with E-state index < -0.39 is 19.0 Å². The predicted molar refractivity (Wildman–Crippen MR) is 35.0 cm³/mol. The van der Waals surface area contributed by atoms with E-state index in [9.17, 15) is 13.2 Å². The van der Waals surface area contributed by atoms with Crippen molar-refractivity contribution in [2.75, 3.05) is 6.67 Å². The van der Waals surface area contributed by atoms with E-state index in [0.29, 0.717) is 0 Å². The summed E-state index contributed by atoms with van der Waals surface area (Å²) >= 11 is 0. The summed E-state index contributed by atoms with van der Waals surface area (Å²) in [4.78, 5) is 0. The Balaban J connectivity index is 3.31. The third kappa shape index (κ3) is 3.75. The smallest absolute Gasteiger partial charge is 0.131 e. The van der Waals surface area contributed by atoms with Gasteiger partial charge in [-0.15, -0.1) is 0 Å². The molecule has 0 aliphatic rings. The van der Waals surface area contributed by atoms with Crippen molar-refractivity contribution in [2.45, 2.75) is 31.6 Å². The van der Waals surface area contributed by atoms with Crippen LogP contribution in [0.1, 0.15) is 19.3 Å². The summed E-state index contributed by atoms with van der Waals surface area (Å²) in [6, 6.07) is 0. The van der Waals surface area contributed by atoms with Crippen LogP contribution < -0.4 is 0 Å². The van der Waals surface area contributed by atoms with Crippen molar-refractivity contribution in [2.24, 2.45) is 0 Å². The minimum atomic E-state index is -1.53. The fourth-order valence-corrected chi connectivity index (χ4v) is 0.634. The van der Waals surface area contributed by atoms with E-state index in [1.807, 2.05) is 0 Å². The molecule has 0 amide bonds. The molecule has 2 atom stereocenters. The van der Waals surface area contributed by atoms with Gasteiger partial charge in [0.2, 0.25) is 0 Å². The van der Waals surface area contributed by atoms with Gasteiger partial charge in [0.05, 0.1) is 6.67 Å². The zero-order valence-corrected chi connectivity index (χ0v) is 5.82. The van der Waals surface area contributed by atoms with E-state index >= 15 is 0 Å². The van der Waals surface area contributed by atoms with Gasteiger partial charge in [-0.2, -0.15) is 0 Å². The largest absolute Gasteiger partial charge is 0.251 e. The molecular formula is C7H12F3. The Bertz CT molecular complexity index is 75.3. The molecule has 1 unspecified atom stereocenters. The maximum atomic E-state index is 12.4. The highest BCUT2D eigenvalue weighted by molar-refractivity contribution is 4.68. The molecule has 0 rings (SSSR count). The van der Waals surface area contributed by atoms with Gasteiger partial charge in [0.25, 0.3) is 0 Å². The Kier molecular flexibility index (Phi) is 5.45. The van der Waals surface area contributed by atoms with Crippen molar-refractivity contribution >= 4 is 0 Å². The Labute approximate surface area is 59.4 Å². The van der Waals surface area contributed by atoms with Crippen molar-refractivity contribution in [1.29, 1.82) is 0 Å². The number of hydrogen-bond acceptors (Lipinski definition) is 0. The van der Waals surface area contributed by atoms with Crippen molar-refractivity contribution in [3.8, 4) is 0 Å². The molecule has 0 aromatic rings. The highest BCUT2D eigenvalue weighted by Crippen LogP contribution is 2.12. The van der Waals surface area contributed by atoms with E-state index in [1.54, 1.807) is 0 Å². The van der Waals surface area contributed by atoms with Gasteiger partial charge < -0.3 is 0 Å². The van der Waals surface area contributed by atoms with Crippen LogP contribution in [-0.4, -0.2) is 19.0 Å². The Morgan fingerprint density at radius 2 is 1.80 bits per heavy atom. The summed E-state index contributed by atoms with van der Waals surface area (Å²) in [5.74, 6) is 0. The molecular weight excluding hydrogens is 141 g/mol. The molecule has 0 heterocycles. The van der Waals surface area contributed by atoms with Gasteiger partial charge in [-0.1, -0.05) is 6.92 Å². The van der Waals surface area contributed by atoms with Gasteiger partial charge in [0, 0.05) is 0 Å². The molecule has 0 N–H and O–H groups in total. The molecule has 1 radical (unpaired) electrons. The molecule has 0 saturated heterocycles. The van der Waals surface area contributed by atoms with Crippen LogP contribution in [0.5, 0.6) is 0 Å². The average molecular weight is 153 g/mol. The van der Waals surface area contributed by atoms with E-state index in [0.717, 1.165) is 0 Å². The van der Waals surface area contributed by atoms with Gasteiger partial charge in [-0.3, -0.25) is 4.39 Å². The van der Waals surface area contributed by atoms with Gasteiger partial charge >= 0.3 is 0 Å². The molecule has 0 nitrogen and oxygen atoms in total. The van der Waals surface area contributed by atoms with Crippen LogP contribution >= 0.6 is 0 Å². The lowest BCUT2D eigenvalue weighted by atomic mass is 10.1. The van der Waals surface area contributed by atoms with Crippen molar-refractivity contribution in [1.82, 2.24) is 0 Å². The second-order valence-electron chi connectivity index (χ2n) is 2.15. The van der Waals surface area contributed by atoms with Crippen LogP contribution in [0, 0.1) is 6.92 Å². The van der Waals surface area contributed by atoms with Gasteiger partial charge in [-0.25, -0.2) is 8.78 Å². The molecule has 0 bridgehead atoms. The zero-order chi connectivity index (χ0) is 7.98. The Hall–Kier alpha value is -0.210. The summed E-state index contributed by atoms with van der Waals surface area (Å²) in [5.41, 5.74) is 0. The lowest BCUT2D eigenvalue weighted by molar-refractivity contribution is 0.154. The first-order chi connectivity index (χ1) is 4.72. The molecule has 0 aliphatic heterocycles. The van der Waals surface area contributed by atoms with Gasteiger partial charge in [0.15, 0.2) is 0 Å². The van der Waals surface area contributed by atoms with Crippen LogP contribution in [0.4, 0.5) is 13.2 Å². The summed E-state index contributed by atoms with van der Waals surface area (Å²) in [6.45, 7) is 2.63. The fourth-order valence-electron chi connectivity index (χ4n) is 0.634. The quantitative estimate of drug-likeness (QED) is 0.569. The lowest BCUT2D eigenvalue weighted by Crippen LogP contribution is -2.16. The van der Waals surface area contributed by atoms with Crippen LogP contribution in [0.25, 0.3) is 0 Å². The summed E-state index contributed by atoms with van der Waals surface area (Å²) in [7, 11) is 0. The topological polar surface area (TPSA) is 0 Å². The van der Waals surface area contributed by atoms with E-state index in [4.69, 9.17) is 0 Å². The summed E-state index contributed by atoms with van der Waals surface area (Å²) < 4.78 is 36.1. The van der Waals surface area contributed by atoms with Crippen LogP contribution in [0.15, 0.2) is 0 Å². The second-order valence-corrected chi connectivity index (χ2v) is 2.15. The second kappa shape index (κ2) is 5.57. The monoisotopic (exact) mass is 153 g/mol. The summed E-state index contributed by atoms with van der Waals surface area (Å²) in [5, 5.41) is 0. The zero-order valence-electron chi connectivity index (χ0n) is 5.82. The standard InChI is InChI=1S/C7H12F3/c1-2-6(9)7(10)4-3-5-8/h6-7H,1-5H2/t6?,7-/m0/s1. The first kappa shape index (κ1) is 9.79. The molecule has 61 valence electrons. The van der Waals surface area contributed by atoms with Crippen LogP contribution in [-0.2, 0) is 0 Å². The van der Waals surface area contributed by atoms with Crippen molar-refractivity contribution in [3.05, 3.63) is 6.92 Å². The number of hydrogen-bond donors (Lipinski definition) is 0. The average Bonchev–Trinajstić information content (AvgIpc) is 1.98. The van der Waals surface area contributed by atoms with Crippen LogP contribution in [0.3, 0.4) is 0 Å². The van der Waals surface area contributed by atoms with E-state index in [2.05, 4.69) is 6.92 Å². The molecule has 10 heavy (non-hydrogen) atoms. The van der Waals surface area contributed by atoms with Crippen molar-refractivity contribution < 1.29 is 13.2 Å². The van der Waals surface area contributed by atoms with Gasteiger partial charge in [-0.05, 0) is 19.3 Å². The Morgan fingerprint density at radius 1 is 1.20 bits per heavy atom. The molecule has 0 aromatic heterocycles. The predicted octanol–water partition coefficient (Wildman–Crippen LogP) is 2.64. The third-order valence-electron chi connectivity index (χ3n) is 1.28. The maximum Gasteiger partial charge on any atom is 0.131 e. The molecule has 0 aliphatic carbocycles. The highest BCUT2D eigenvalue weighted by atomic mass is 19.2. The SMILES string of the molecule is [CH2]CC(F)[C@@H](F)CCCF. The number of alkyl halides is 3. The molecule has 3 heteroatoms. The molecule has 0 spiro atoms. The fraction of sp³-hybridized carbons (Fsp3) is 0.857. The number of rotatable bonds is 5. The maximum absolute atomic E-state index is 12.4. The minimum absolute atomic E-state index is 0.0345. The summed E-state index contributed by atoms with van der Waals surface area (Å²) in [6.07, 6.45) is -3.07. The normalized spacial score (nSPS) is 16.8. The highest BCUT2D eigenvalue weighted by Gasteiger charge is 2.17. The minimum Gasteiger partial charge on any atom is -0.251 e. The van der Waals surface area contributed by atoms with E-state index in [-0.39, 0.29) is 19.3 Å².